The Bertz CT molecular complexity index is 318. The van der Waals surface area contributed by atoms with Gasteiger partial charge < -0.3 is 5.73 Å². The minimum atomic E-state index is -0.446. The van der Waals surface area contributed by atoms with Crippen LogP contribution < -0.4 is 5.73 Å². The van der Waals surface area contributed by atoms with Crippen LogP contribution in [-0.4, -0.2) is 10.9 Å². The van der Waals surface area contributed by atoms with Gasteiger partial charge in [-0.2, -0.15) is 0 Å². The number of rotatable bonds is 2. The van der Waals surface area contributed by atoms with Gasteiger partial charge in [0.25, 0.3) is 0 Å². The molecule has 1 rings (SSSR count). The highest BCUT2D eigenvalue weighted by molar-refractivity contribution is 5.90. The molecule has 0 saturated heterocycles. The number of nitrogens with two attached hydrogens (primary N) is 1. The van der Waals surface area contributed by atoms with Crippen LogP contribution in [-0.2, 0) is 4.79 Å². The van der Waals surface area contributed by atoms with E-state index in [4.69, 9.17) is 5.73 Å². The second-order valence-corrected chi connectivity index (χ2v) is 2.47. The van der Waals surface area contributed by atoms with Gasteiger partial charge in [-0.15, -0.1) is 0 Å². The molecule has 1 aromatic heterocycles. The lowest BCUT2D eigenvalue weighted by Crippen LogP contribution is -2.05. The van der Waals surface area contributed by atoms with E-state index in [9.17, 15) is 4.79 Å². The summed E-state index contributed by atoms with van der Waals surface area (Å²) in [5.74, 6) is -0.446. The lowest BCUT2D eigenvalue weighted by atomic mass is 10.1. The summed E-state index contributed by atoms with van der Waals surface area (Å²) < 4.78 is 0. The van der Waals surface area contributed by atoms with Crippen molar-refractivity contribution in [3.8, 4) is 0 Å². The summed E-state index contributed by atoms with van der Waals surface area (Å²) in [5, 5.41) is 0. The van der Waals surface area contributed by atoms with Gasteiger partial charge in [0.1, 0.15) is 0 Å². The zero-order chi connectivity index (χ0) is 8.97. The number of primary amides is 1. The molecule has 0 saturated carbocycles. The second-order valence-electron chi connectivity index (χ2n) is 2.47. The van der Waals surface area contributed by atoms with Crippen LogP contribution in [0.5, 0.6) is 0 Å². The van der Waals surface area contributed by atoms with E-state index in [-0.39, 0.29) is 0 Å². The fraction of sp³-hybridized carbons (Fsp3) is 0.111. The first-order chi connectivity index (χ1) is 5.70. The molecule has 3 heteroatoms. The normalized spacial score (nSPS) is 10.4. The van der Waals surface area contributed by atoms with Gasteiger partial charge in [-0.3, -0.25) is 9.78 Å². The van der Waals surface area contributed by atoms with Gasteiger partial charge in [-0.1, -0.05) is 0 Å². The number of carbonyl (C=O) groups excluding carboxylic acids is 1. The Morgan fingerprint density at radius 2 is 2.42 bits per heavy atom. The van der Waals surface area contributed by atoms with Gasteiger partial charge in [-0.05, 0) is 30.2 Å². The third-order valence-corrected chi connectivity index (χ3v) is 1.51. The monoisotopic (exact) mass is 162 g/mol. The van der Waals surface area contributed by atoms with Gasteiger partial charge in [0, 0.05) is 18.5 Å². The molecule has 0 aliphatic heterocycles. The van der Waals surface area contributed by atoms with Crippen molar-refractivity contribution in [1.29, 1.82) is 0 Å². The predicted octanol–water partition coefficient (Wildman–Crippen LogP) is 0.889. The topological polar surface area (TPSA) is 56.0 Å². The molecular weight excluding hydrogens is 152 g/mol. The first kappa shape index (κ1) is 8.46. The third-order valence-electron chi connectivity index (χ3n) is 1.51. The molecule has 0 radical (unpaired) electrons. The number of aromatic nitrogens is 1. The maximum Gasteiger partial charge on any atom is 0.241 e. The van der Waals surface area contributed by atoms with E-state index in [2.05, 4.69) is 4.98 Å². The highest BCUT2D eigenvalue weighted by atomic mass is 16.1. The second kappa shape index (κ2) is 3.67. The fourth-order valence-electron chi connectivity index (χ4n) is 0.823. The zero-order valence-corrected chi connectivity index (χ0v) is 6.82. The number of pyridine rings is 1. The van der Waals surface area contributed by atoms with Crippen molar-refractivity contribution in [3.05, 3.63) is 35.7 Å². The average Bonchev–Trinajstić information content (AvgIpc) is 2.03. The summed E-state index contributed by atoms with van der Waals surface area (Å²) in [6, 6.07) is 1.88. The summed E-state index contributed by atoms with van der Waals surface area (Å²) in [4.78, 5) is 14.3. The van der Waals surface area contributed by atoms with Crippen LogP contribution in [0, 0.1) is 6.92 Å². The molecule has 1 heterocycles. The van der Waals surface area contributed by atoms with Crippen LogP contribution in [0.4, 0.5) is 0 Å². The predicted molar refractivity (Wildman–Crippen MR) is 47.2 cm³/mol. The molecule has 1 aromatic rings. The van der Waals surface area contributed by atoms with Gasteiger partial charge in [0.2, 0.25) is 5.91 Å². The lowest BCUT2D eigenvalue weighted by molar-refractivity contribution is -0.113. The van der Waals surface area contributed by atoms with E-state index in [0.29, 0.717) is 0 Å². The molecule has 0 aromatic carbocycles. The van der Waals surface area contributed by atoms with E-state index >= 15 is 0 Å². The lowest BCUT2D eigenvalue weighted by Gasteiger charge is -1.95. The summed E-state index contributed by atoms with van der Waals surface area (Å²) in [5.41, 5.74) is 6.93. The van der Waals surface area contributed by atoms with Crippen molar-refractivity contribution in [3.63, 3.8) is 0 Å². The fourth-order valence-corrected chi connectivity index (χ4v) is 0.823. The van der Waals surface area contributed by atoms with E-state index in [1.807, 2.05) is 13.0 Å². The summed E-state index contributed by atoms with van der Waals surface area (Å²) in [6.45, 7) is 1.95. The number of hydrogen-bond donors (Lipinski definition) is 1. The molecule has 0 bridgehead atoms. The molecule has 0 aliphatic rings. The minimum absolute atomic E-state index is 0.446. The molecule has 0 fully saturated rings. The highest BCUT2D eigenvalue weighted by Crippen LogP contribution is 2.06. The van der Waals surface area contributed by atoms with Crippen LogP contribution in [0.3, 0.4) is 0 Å². The summed E-state index contributed by atoms with van der Waals surface area (Å²) >= 11 is 0. The Kier molecular flexibility index (Phi) is 2.58. The third kappa shape index (κ3) is 2.20. The van der Waals surface area contributed by atoms with Crippen molar-refractivity contribution in [2.45, 2.75) is 6.92 Å². The van der Waals surface area contributed by atoms with E-state index in [0.717, 1.165) is 11.1 Å². The van der Waals surface area contributed by atoms with Crippen molar-refractivity contribution < 1.29 is 4.79 Å². The van der Waals surface area contributed by atoms with Gasteiger partial charge in [0.05, 0.1) is 0 Å². The van der Waals surface area contributed by atoms with Crippen molar-refractivity contribution in [2.24, 2.45) is 5.73 Å². The minimum Gasteiger partial charge on any atom is -0.366 e. The number of amides is 1. The van der Waals surface area contributed by atoms with Crippen LogP contribution in [0.1, 0.15) is 11.1 Å². The molecule has 12 heavy (non-hydrogen) atoms. The largest absolute Gasteiger partial charge is 0.366 e. The molecule has 1 amide bonds. The first-order valence-electron chi connectivity index (χ1n) is 3.58. The number of nitrogens with zero attached hydrogens (tertiary/aromatic N) is 1. The summed E-state index contributed by atoms with van der Waals surface area (Å²) in [7, 11) is 0. The molecule has 62 valence electrons. The molecule has 0 unspecified atom stereocenters. The van der Waals surface area contributed by atoms with Crippen molar-refractivity contribution in [1.82, 2.24) is 4.98 Å². The molecule has 3 nitrogen and oxygen atoms in total. The van der Waals surface area contributed by atoms with Gasteiger partial charge in [-0.25, -0.2) is 0 Å². The van der Waals surface area contributed by atoms with E-state index in [1.54, 1.807) is 18.5 Å². The number of hydrogen-bond acceptors (Lipinski definition) is 2. The van der Waals surface area contributed by atoms with Gasteiger partial charge >= 0.3 is 0 Å². The SMILES string of the molecule is Cc1ccncc1/C=C/C(N)=O. The number of carbonyl (C=O) groups is 1. The molecular formula is C9H10N2O. The maximum atomic E-state index is 10.4. The Balaban J connectivity index is 2.89. The molecule has 0 aliphatic carbocycles. The Morgan fingerprint density at radius 3 is 3.00 bits per heavy atom. The summed E-state index contributed by atoms with van der Waals surface area (Å²) in [6.07, 6.45) is 6.38. The molecule has 0 atom stereocenters. The highest BCUT2D eigenvalue weighted by Gasteiger charge is 1.91. The van der Waals surface area contributed by atoms with Crippen LogP contribution in [0.2, 0.25) is 0 Å². The van der Waals surface area contributed by atoms with Crippen LogP contribution >= 0.6 is 0 Å². The van der Waals surface area contributed by atoms with Gasteiger partial charge in [0.15, 0.2) is 0 Å². The van der Waals surface area contributed by atoms with Crippen molar-refractivity contribution in [2.75, 3.05) is 0 Å². The Hall–Kier alpha value is -1.64. The molecule has 0 spiro atoms. The van der Waals surface area contributed by atoms with E-state index < -0.39 is 5.91 Å². The molecule has 2 N–H and O–H groups in total. The van der Waals surface area contributed by atoms with E-state index in [1.165, 1.54) is 6.08 Å². The maximum absolute atomic E-state index is 10.4. The standard InChI is InChI=1S/C9H10N2O/c1-7-4-5-11-6-8(7)2-3-9(10)12/h2-6H,1H3,(H2,10,12)/b3-2+. The smallest absolute Gasteiger partial charge is 0.241 e. The van der Waals surface area contributed by atoms with Crippen LogP contribution in [0.15, 0.2) is 24.5 Å². The zero-order valence-electron chi connectivity index (χ0n) is 6.82. The van der Waals surface area contributed by atoms with Crippen molar-refractivity contribution >= 4 is 12.0 Å². The number of aryl methyl sites for hydroxylation is 1. The quantitative estimate of drug-likeness (QED) is 0.656. The first-order valence-corrected chi connectivity index (χ1v) is 3.58. The van der Waals surface area contributed by atoms with Crippen LogP contribution in [0.25, 0.3) is 6.08 Å². The Morgan fingerprint density at radius 1 is 1.67 bits per heavy atom. The Labute approximate surface area is 70.9 Å². The average molecular weight is 162 g/mol.